The van der Waals surface area contributed by atoms with E-state index in [9.17, 15) is 0 Å². The summed E-state index contributed by atoms with van der Waals surface area (Å²) in [5.74, 6) is 0. The maximum atomic E-state index is 5.51. The molecule has 0 fully saturated rings. The largest absolute Gasteiger partial charge is 0.297 e. The normalized spacial score (nSPS) is 12.6. The van der Waals surface area contributed by atoms with Crippen LogP contribution in [0.1, 0.15) is 57.9 Å². The Labute approximate surface area is 112 Å². The molecule has 0 aliphatic carbocycles. The predicted octanol–water partition coefficient (Wildman–Crippen LogP) is 4.46. The van der Waals surface area contributed by atoms with Gasteiger partial charge in [0, 0.05) is 6.04 Å². The molecule has 0 bridgehead atoms. The third-order valence-electron chi connectivity index (χ3n) is 3.11. The van der Waals surface area contributed by atoms with Gasteiger partial charge in [-0.15, -0.1) is 0 Å². The Morgan fingerprint density at radius 1 is 1.06 bits per heavy atom. The highest BCUT2D eigenvalue weighted by Crippen LogP contribution is 2.07. The van der Waals surface area contributed by atoms with E-state index in [1.165, 1.54) is 44.1 Å². The van der Waals surface area contributed by atoms with E-state index < -0.39 is 0 Å². The third-order valence-corrected chi connectivity index (χ3v) is 3.11. The van der Waals surface area contributed by atoms with E-state index in [0.29, 0.717) is 12.6 Å². The molecule has 18 heavy (non-hydrogen) atoms. The van der Waals surface area contributed by atoms with E-state index >= 15 is 0 Å². The molecule has 1 N–H and O–H groups in total. The number of hydroxylamine groups is 1. The van der Waals surface area contributed by atoms with Crippen LogP contribution in [0, 0.1) is 0 Å². The Hall–Kier alpha value is -0.860. The Bertz CT molecular complexity index is 286. The summed E-state index contributed by atoms with van der Waals surface area (Å²) >= 11 is 0. The van der Waals surface area contributed by atoms with E-state index in [0.717, 1.165) is 0 Å². The Morgan fingerprint density at radius 2 is 1.78 bits per heavy atom. The number of hydrogen-bond acceptors (Lipinski definition) is 2. The molecule has 0 aromatic heterocycles. The van der Waals surface area contributed by atoms with Gasteiger partial charge in [0.05, 0.1) is 6.61 Å². The molecule has 102 valence electrons. The maximum Gasteiger partial charge on any atom is 0.0933 e. The number of rotatable bonds is 10. The minimum Gasteiger partial charge on any atom is -0.297 e. The first kappa shape index (κ1) is 15.2. The number of hydrogen-bond donors (Lipinski definition) is 1. The lowest BCUT2D eigenvalue weighted by Crippen LogP contribution is -2.25. The average molecular weight is 249 g/mol. The van der Waals surface area contributed by atoms with Crippen LogP contribution in [0.4, 0.5) is 0 Å². The summed E-state index contributed by atoms with van der Waals surface area (Å²) < 4.78 is 0. The number of unbranched alkanes of at least 4 members (excludes halogenated alkanes) is 4. The van der Waals surface area contributed by atoms with E-state index in [1.807, 2.05) is 18.2 Å². The minimum absolute atomic E-state index is 0.440. The van der Waals surface area contributed by atoms with Crippen LogP contribution in [0.3, 0.4) is 0 Å². The van der Waals surface area contributed by atoms with Crippen LogP contribution < -0.4 is 5.48 Å². The Morgan fingerprint density at radius 3 is 2.50 bits per heavy atom. The van der Waals surface area contributed by atoms with Gasteiger partial charge in [0.25, 0.3) is 0 Å². The van der Waals surface area contributed by atoms with E-state index in [-0.39, 0.29) is 0 Å². The van der Waals surface area contributed by atoms with Crippen LogP contribution in [0.15, 0.2) is 30.3 Å². The van der Waals surface area contributed by atoms with Gasteiger partial charge in [0.2, 0.25) is 0 Å². The third kappa shape index (κ3) is 7.46. The van der Waals surface area contributed by atoms with Crippen LogP contribution in [-0.4, -0.2) is 6.04 Å². The van der Waals surface area contributed by atoms with Gasteiger partial charge >= 0.3 is 0 Å². The molecular weight excluding hydrogens is 222 g/mol. The summed E-state index contributed by atoms with van der Waals surface area (Å²) in [6.45, 7) is 5.08. The van der Waals surface area contributed by atoms with Crippen LogP contribution in [0.25, 0.3) is 0 Å². The highest BCUT2D eigenvalue weighted by atomic mass is 16.6. The summed E-state index contributed by atoms with van der Waals surface area (Å²) in [4.78, 5) is 5.51. The zero-order valence-electron chi connectivity index (χ0n) is 11.8. The second-order valence-corrected chi connectivity index (χ2v) is 5.00. The molecule has 1 rings (SSSR count). The molecule has 2 heteroatoms. The molecule has 0 saturated carbocycles. The smallest absolute Gasteiger partial charge is 0.0933 e. The van der Waals surface area contributed by atoms with Crippen molar-refractivity contribution in [3.8, 4) is 0 Å². The van der Waals surface area contributed by atoms with E-state index in [2.05, 4.69) is 31.5 Å². The van der Waals surface area contributed by atoms with Gasteiger partial charge in [-0.05, 0) is 18.9 Å². The highest BCUT2D eigenvalue weighted by molar-refractivity contribution is 5.13. The SMILES string of the molecule is CCCCCCCC(C)NOCc1ccccc1. The summed E-state index contributed by atoms with van der Waals surface area (Å²) in [5.41, 5.74) is 4.33. The zero-order chi connectivity index (χ0) is 13.1. The maximum absolute atomic E-state index is 5.51. The van der Waals surface area contributed by atoms with Crippen LogP contribution in [-0.2, 0) is 11.4 Å². The summed E-state index contributed by atoms with van der Waals surface area (Å²) in [7, 11) is 0. The van der Waals surface area contributed by atoms with E-state index in [4.69, 9.17) is 4.84 Å². The topological polar surface area (TPSA) is 21.3 Å². The first-order valence-corrected chi connectivity index (χ1v) is 7.24. The number of nitrogens with one attached hydrogen (secondary N) is 1. The number of benzene rings is 1. The van der Waals surface area contributed by atoms with Crippen molar-refractivity contribution < 1.29 is 4.84 Å². The molecule has 1 aromatic rings. The fourth-order valence-corrected chi connectivity index (χ4v) is 1.95. The quantitative estimate of drug-likeness (QED) is 0.488. The highest BCUT2D eigenvalue weighted by Gasteiger charge is 2.01. The van der Waals surface area contributed by atoms with Crippen LogP contribution >= 0.6 is 0 Å². The van der Waals surface area contributed by atoms with Gasteiger partial charge in [-0.3, -0.25) is 4.84 Å². The van der Waals surface area contributed by atoms with Crippen molar-refractivity contribution in [1.29, 1.82) is 0 Å². The lowest BCUT2D eigenvalue weighted by atomic mass is 10.1. The molecule has 2 nitrogen and oxygen atoms in total. The van der Waals surface area contributed by atoms with E-state index in [1.54, 1.807) is 0 Å². The molecule has 1 unspecified atom stereocenters. The van der Waals surface area contributed by atoms with Crippen molar-refractivity contribution in [3.05, 3.63) is 35.9 Å². The van der Waals surface area contributed by atoms with Crippen molar-refractivity contribution in [1.82, 2.24) is 5.48 Å². The zero-order valence-corrected chi connectivity index (χ0v) is 11.8. The fourth-order valence-electron chi connectivity index (χ4n) is 1.95. The van der Waals surface area contributed by atoms with Crippen LogP contribution in [0.5, 0.6) is 0 Å². The monoisotopic (exact) mass is 249 g/mol. The fraction of sp³-hybridized carbons (Fsp3) is 0.625. The van der Waals surface area contributed by atoms with Gasteiger partial charge in [-0.25, -0.2) is 0 Å². The van der Waals surface area contributed by atoms with Gasteiger partial charge < -0.3 is 0 Å². The second-order valence-electron chi connectivity index (χ2n) is 5.00. The Balaban J connectivity index is 1.98. The molecule has 0 saturated heterocycles. The first-order valence-electron chi connectivity index (χ1n) is 7.24. The standard InChI is InChI=1S/C16H27NO/c1-3-4-5-6-8-11-15(2)17-18-14-16-12-9-7-10-13-16/h7,9-10,12-13,15,17H,3-6,8,11,14H2,1-2H3. The lowest BCUT2D eigenvalue weighted by molar-refractivity contribution is 0.00530. The van der Waals surface area contributed by atoms with Gasteiger partial charge in [-0.1, -0.05) is 69.4 Å². The lowest BCUT2D eigenvalue weighted by Gasteiger charge is -2.13. The second kappa shape index (κ2) is 10.1. The summed E-state index contributed by atoms with van der Waals surface area (Å²) in [5, 5.41) is 0. The molecule has 0 aliphatic rings. The molecule has 0 amide bonds. The van der Waals surface area contributed by atoms with Crippen molar-refractivity contribution >= 4 is 0 Å². The molecule has 1 aromatic carbocycles. The summed E-state index contributed by atoms with van der Waals surface area (Å²) in [6, 6.07) is 10.7. The van der Waals surface area contributed by atoms with Crippen molar-refractivity contribution in [2.75, 3.05) is 0 Å². The summed E-state index contributed by atoms with van der Waals surface area (Å²) in [6.07, 6.45) is 7.88. The minimum atomic E-state index is 0.440. The molecule has 0 aliphatic heterocycles. The Kier molecular flexibility index (Phi) is 8.53. The molecule has 0 radical (unpaired) electrons. The van der Waals surface area contributed by atoms with Gasteiger partial charge in [0.15, 0.2) is 0 Å². The predicted molar refractivity (Wildman–Crippen MR) is 77.2 cm³/mol. The molecule has 0 spiro atoms. The van der Waals surface area contributed by atoms with Crippen LogP contribution in [0.2, 0.25) is 0 Å². The first-order chi connectivity index (χ1) is 8.83. The van der Waals surface area contributed by atoms with Crippen molar-refractivity contribution in [2.45, 2.75) is 65.0 Å². The molecule has 0 heterocycles. The molecular formula is C16H27NO. The van der Waals surface area contributed by atoms with Gasteiger partial charge in [0.1, 0.15) is 0 Å². The molecule has 1 atom stereocenters. The van der Waals surface area contributed by atoms with Crippen molar-refractivity contribution in [2.24, 2.45) is 0 Å². The van der Waals surface area contributed by atoms with Crippen molar-refractivity contribution in [3.63, 3.8) is 0 Å². The average Bonchev–Trinajstić information content (AvgIpc) is 2.40. The van der Waals surface area contributed by atoms with Gasteiger partial charge in [-0.2, -0.15) is 5.48 Å².